The van der Waals surface area contributed by atoms with Crippen molar-refractivity contribution < 1.29 is 23.5 Å². The normalized spacial score (nSPS) is 24.1. The third-order valence-corrected chi connectivity index (χ3v) is 8.02. The Hall–Kier alpha value is -2.85. The molecular formula is C25H20B7FN4O4. The van der Waals surface area contributed by atoms with Crippen LogP contribution >= 0.6 is 0 Å². The minimum Gasteiger partial charge on any atom is -0.392 e. The van der Waals surface area contributed by atoms with Crippen molar-refractivity contribution in [1.29, 1.82) is 0 Å². The summed E-state index contributed by atoms with van der Waals surface area (Å²) in [7, 11) is 43.2. The van der Waals surface area contributed by atoms with Crippen LogP contribution in [0.3, 0.4) is 0 Å². The minimum atomic E-state index is -2.58. The molecule has 2 aromatic rings. The van der Waals surface area contributed by atoms with E-state index >= 15 is 4.39 Å². The lowest BCUT2D eigenvalue weighted by atomic mass is 9.21. The quantitative estimate of drug-likeness (QED) is 0.350. The molecule has 3 amide bonds. The lowest BCUT2D eigenvalue weighted by Crippen LogP contribution is -2.75. The number of imide groups is 1. The molecule has 2 saturated heterocycles. The molecule has 2 aromatic carbocycles. The second kappa shape index (κ2) is 10.2. The van der Waals surface area contributed by atoms with Gasteiger partial charge in [0.05, 0.1) is 65.7 Å². The highest BCUT2D eigenvalue weighted by Crippen LogP contribution is 2.55. The standard InChI is InChI=1S/C25H20B7FN4O4/c26-22(27)20(39)34-21(40)23(28,25(22,31)32)37-12-15-14(19(37)38)4-2-6-17(15)35-24(29,30)16-5-1-3-13(18(16)33)11-36-7-9-41-10-8-36/h1-6,35H,7-12H2,(H,34,39,40). The van der Waals surface area contributed by atoms with Crippen molar-refractivity contribution in [1.82, 2.24) is 15.1 Å². The molecule has 1 atom stereocenters. The van der Waals surface area contributed by atoms with Gasteiger partial charge in [-0.05, 0) is 28.2 Å². The third kappa shape index (κ3) is 4.58. The molecular weight excluding hydrogens is 515 g/mol. The Morgan fingerprint density at radius 3 is 2.32 bits per heavy atom. The van der Waals surface area contributed by atoms with Crippen LogP contribution in [0.1, 0.15) is 27.0 Å². The topological polar surface area (TPSA) is 91.0 Å². The van der Waals surface area contributed by atoms with E-state index in [-0.39, 0.29) is 23.4 Å². The lowest BCUT2D eigenvalue weighted by molar-refractivity contribution is -0.140. The Labute approximate surface area is 247 Å². The first-order valence-electron chi connectivity index (χ1n) is 12.8. The molecule has 2 fully saturated rings. The Balaban J connectivity index is 1.45. The number of piperidine rings is 1. The van der Waals surface area contributed by atoms with Gasteiger partial charge in [0.1, 0.15) is 13.7 Å². The zero-order chi connectivity index (χ0) is 30.0. The van der Waals surface area contributed by atoms with E-state index in [2.05, 4.69) is 10.2 Å². The van der Waals surface area contributed by atoms with Crippen molar-refractivity contribution in [2.45, 2.75) is 34.3 Å². The number of rotatable bonds is 6. The van der Waals surface area contributed by atoms with Gasteiger partial charge in [0, 0.05) is 48.6 Å². The maximum Gasteiger partial charge on any atom is 0.254 e. The number of morpholine rings is 1. The monoisotopic (exact) mass is 536 g/mol. The average Bonchev–Trinajstić information content (AvgIpc) is 3.26. The fraction of sp³-hybridized carbons (Fsp3) is 0.400. The molecule has 0 bridgehead atoms. The number of benzene rings is 2. The predicted octanol–water partition coefficient (Wildman–Crippen LogP) is -1.40. The summed E-state index contributed by atoms with van der Waals surface area (Å²) in [6.07, 6.45) is 0. The van der Waals surface area contributed by atoms with Crippen LogP contribution < -0.4 is 10.6 Å². The van der Waals surface area contributed by atoms with Crippen LogP contribution in [0.25, 0.3) is 0 Å². The highest BCUT2D eigenvalue weighted by atomic mass is 19.1. The zero-order valence-corrected chi connectivity index (χ0v) is 22.2. The Kier molecular flexibility index (Phi) is 7.34. The van der Waals surface area contributed by atoms with Crippen molar-refractivity contribution in [2.24, 2.45) is 0 Å². The van der Waals surface area contributed by atoms with Crippen molar-refractivity contribution in [2.75, 3.05) is 31.6 Å². The number of hydrogen-bond acceptors (Lipinski definition) is 6. The summed E-state index contributed by atoms with van der Waals surface area (Å²) in [5.41, 5.74) is -1.47. The van der Waals surface area contributed by atoms with Gasteiger partial charge in [0.15, 0.2) is 0 Å². The van der Waals surface area contributed by atoms with Gasteiger partial charge in [-0.1, -0.05) is 29.5 Å². The number of nitrogens with one attached hydrogen (secondary N) is 2. The summed E-state index contributed by atoms with van der Waals surface area (Å²) in [5.74, 6) is -3.65. The average molecular weight is 535 g/mol. The molecule has 0 spiro atoms. The Morgan fingerprint density at radius 2 is 1.63 bits per heavy atom. The second-order valence-corrected chi connectivity index (χ2v) is 10.7. The van der Waals surface area contributed by atoms with E-state index in [9.17, 15) is 14.4 Å². The van der Waals surface area contributed by atoms with Crippen LogP contribution in [0.2, 0.25) is 10.4 Å². The van der Waals surface area contributed by atoms with Crippen LogP contribution in [0.4, 0.5) is 10.1 Å². The molecule has 3 heterocycles. The SMILES string of the molecule is [B]C([B])(Nc1cccc2c1CN(C1([B])C(=O)NC(=O)C([B])([B])C1([B])[B])C2=O)c1cccc(CN2CCOCC2)c1F. The van der Waals surface area contributed by atoms with Gasteiger partial charge in [-0.25, -0.2) is 4.39 Å². The van der Waals surface area contributed by atoms with Gasteiger partial charge in [0.25, 0.3) is 5.91 Å². The van der Waals surface area contributed by atoms with Crippen LogP contribution in [0.15, 0.2) is 36.4 Å². The summed E-state index contributed by atoms with van der Waals surface area (Å²) in [6, 6.07) is 9.35. The largest absolute Gasteiger partial charge is 0.392 e. The van der Waals surface area contributed by atoms with Crippen LogP contribution in [0, 0.1) is 5.82 Å². The molecule has 0 aromatic heterocycles. The third-order valence-electron chi connectivity index (χ3n) is 8.02. The van der Waals surface area contributed by atoms with Gasteiger partial charge >= 0.3 is 0 Å². The van der Waals surface area contributed by atoms with E-state index in [1.165, 1.54) is 18.2 Å². The first kappa shape index (κ1) is 29.6. The highest BCUT2D eigenvalue weighted by molar-refractivity contribution is 6.66. The summed E-state index contributed by atoms with van der Waals surface area (Å²) >= 11 is 0. The van der Waals surface area contributed by atoms with E-state index in [0.717, 1.165) is 4.90 Å². The summed E-state index contributed by atoms with van der Waals surface area (Å²) in [5, 5.41) is -2.17. The number of fused-ring (bicyclic) bond motifs is 1. The predicted molar refractivity (Wildman–Crippen MR) is 156 cm³/mol. The smallest absolute Gasteiger partial charge is 0.254 e. The van der Waals surface area contributed by atoms with E-state index in [0.29, 0.717) is 44.0 Å². The van der Waals surface area contributed by atoms with Gasteiger partial charge in [0.2, 0.25) is 11.8 Å². The number of hydrogen-bond donors (Lipinski definition) is 2. The number of anilines is 1. The summed E-state index contributed by atoms with van der Waals surface area (Å²) in [6.45, 7) is 2.47. The zero-order valence-electron chi connectivity index (χ0n) is 22.2. The van der Waals surface area contributed by atoms with E-state index in [4.69, 9.17) is 59.7 Å². The minimum absolute atomic E-state index is 0.0125. The maximum atomic E-state index is 15.7. The van der Waals surface area contributed by atoms with Crippen molar-refractivity contribution >= 4 is 78.3 Å². The molecule has 2 N–H and O–H groups in total. The molecule has 0 aliphatic carbocycles. The van der Waals surface area contributed by atoms with Crippen molar-refractivity contribution in [3.63, 3.8) is 0 Å². The number of carbonyl (C=O) groups excluding carboxylic acids is 3. The molecule has 192 valence electrons. The first-order chi connectivity index (χ1) is 19.1. The molecule has 8 nitrogen and oxygen atoms in total. The van der Waals surface area contributed by atoms with E-state index < -0.39 is 44.7 Å². The number of amides is 3. The lowest BCUT2D eigenvalue weighted by Gasteiger charge is -2.60. The fourth-order valence-corrected chi connectivity index (χ4v) is 5.39. The number of ether oxygens (including phenoxy) is 1. The fourth-order valence-electron chi connectivity index (χ4n) is 5.39. The Morgan fingerprint density at radius 1 is 0.976 bits per heavy atom. The van der Waals surface area contributed by atoms with Crippen LogP contribution in [-0.2, 0) is 32.8 Å². The van der Waals surface area contributed by atoms with Crippen molar-refractivity contribution in [3.8, 4) is 0 Å². The molecule has 3 aliphatic heterocycles. The summed E-state index contributed by atoms with van der Waals surface area (Å²) < 4.78 is 21.0. The molecule has 14 radical (unpaired) electrons. The Bertz CT molecular complexity index is 1440. The maximum absolute atomic E-state index is 15.7. The number of halogens is 1. The molecule has 5 rings (SSSR count). The van der Waals surface area contributed by atoms with Crippen LogP contribution in [0.5, 0.6) is 0 Å². The first-order valence-corrected chi connectivity index (χ1v) is 12.8. The van der Waals surface area contributed by atoms with Crippen LogP contribution in [-0.4, -0.2) is 114 Å². The molecule has 41 heavy (non-hydrogen) atoms. The van der Waals surface area contributed by atoms with Gasteiger partial charge < -0.3 is 15.0 Å². The second-order valence-electron chi connectivity index (χ2n) is 10.7. The summed E-state index contributed by atoms with van der Waals surface area (Å²) in [4.78, 5) is 41.7. The molecule has 16 heteroatoms. The van der Waals surface area contributed by atoms with Gasteiger partial charge in [-0.15, -0.1) is 0 Å². The number of nitrogens with zero attached hydrogens (tertiary/aromatic N) is 2. The van der Waals surface area contributed by atoms with Crippen molar-refractivity contribution in [3.05, 3.63) is 64.5 Å². The van der Waals surface area contributed by atoms with E-state index in [1.807, 2.05) is 5.32 Å². The van der Waals surface area contributed by atoms with E-state index in [1.54, 1.807) is 18.2 Å². The highest BCUT2D eigenvalue weighted by Gasteiger charge is 2.63. The molecule has 3 aliphatic rings. The van der Waals surface area contributed by atoms with Gasteiger partial charge in [-0.2, -0.15) is 0 Å². The number of carbonyl (C=O) groups is 3. The molecule has 1 unspecified atom stereocenters. The van der Waals surface area contributed by atoms with Gasteiger partial charge in [-0.3, -0.25) is 24.6 Å². The molecule has 0 saturated carbocycles.